The Hall–Kier alpha value is -0.800. The van der Waals surface area contributed by atoms with Gasteiger partial charge in [0.2, 0.25) is 11.8 Å². The Morgan fingerprint density at radius 3 is 2.14 bits per heavy atom. The Morgan fingerprint density at radius 1 is 1.00 bits per heavy atom. The smallest absolute Gasteiger partial charge is 0.220 e. The van der Waals surface area contributed by atoms with Gasteiger partial charge in [0.25, 0.3) is 0 Å². The molecule has 0 rings (SSSR count). The fraction of sp³-hybridized carbons (Fsp3) is 0.750. The molecule has 2 N–H and O–H groups in total. The van der Waals surface area contributed by atoms with Gasteiger partial charge in [-0.3, -0.25) is 9.59 Å². The summed E-state index contributed by atoms with van der Waals surface area (Å²) in [7, 11) is 0. The van der Waals surface area contributed by atoms with Crippen LogP contribution >= 0.6 is 25.3 Å². The highest BCUT2D eigenvalue weighted by molar-refractivity contribution is 7.81. The van der Waals surface area contributed by atoms with Crippen molar-refractivity contribution in [3.63, 3.8) is 0 Å². The van der Waals surface area contributed by atoms with Crippen molar-refractivity contribution < 1.29 is 9.59 Å². The predicted molar refractivity (Wildman–Crippen MR) is 98.4 cm³/mol. The number of rotatable bonds is 13. The second-order valence-corrected chi connectivity index (χ2v) is 6.35. The molecule has 0 aromatic heterocycles. The number of carbonyl (C=O) groups excluding carboxylic acids is 2. The maximum atomic E-state index is 11.6. The Labute approximate surface area is 145 Å². The maximum Gasteiger partial charge on any atom is 0.220 e. The molecule has 0 heterocycles. The third-order valence-electron chi connectivity index (χ3n) is 3.15. The van der Waals surface area contributed by atoms with Gasteiger partial charge in [-0.2, -0.15) is 25.3 Å². The molecule has 126 valence electrons. The summed E-state index contributed by atoms with van der Waals surface area (Å²) in [5.74, 6) is 3.36. The average Bonchev–Trinajstić information content (AvgIpc) is 2.49. The van der Waals surface area contributed by atoms with Crippen molar-refractivity contribution in [2.45, 2.75) is 56.6 Å². The molecule has 1 atom stereocenters. The first-order valence-corrected chi connectivity index (χ1v) is 9.00. The number of amides is 2. The highest BCUT2D eigenvalue weighted by Gasteiger charge is 2.04. The van der Waals surface area contributed by atoms with Crippen molar-refractivity contribution in [2.24, 2.45) is 0 Å². The fourth-order valence-electron chi connectivity index (χ4n) is 1.89. The molecule has 0 fully saturated rings. The first-order chi connectivity index (χ1) is 10.6. The van der Waals surface area contributed by atoms with Gasteiger partial charge >= 0.3 is 0 Å². The van der Waals surface area contributed by atoms with Crippen molar-refractivity contribution in [3.8, 4) is 12.3 Å². The zero-order valence-corrected chi connectivity index (χ0v) is 14.9. The first kappa shape index (κ1) is 21.2. The van der Waals surface area contributed by atoms with Crippen LogP contribution in [0.1, 0.15) is 51.4 Å². The van der Waals surface area contributed by atoms with Crippen LogP contribution in [0.4, 0.5) is 0 Å². The van der Waals surface area contributed by atoms with Crippen LogP contribution in [0.5, 0.6) is 0 Å². The van der Waals surface area contributed by atoms with E-state index < -0.39 is 0 Å². The van der Waals surface area contributed by atoms with Crippen molar-refractivity contribution in [1.82, 2.24) is 10.6 Å². The summed E-state index contributed by atoms with van der Waals surface area (Å²) >= 11 is 8.62. The predicted octanol–water partition coefficient (Wildman–Crippen LogP) is 2.20. The molecule has 0 radical (unpaired) electrons. The summed E-state index contributed by atoms with van der Waals surface area (Å²) in [5.41, 5.74) is 0. The van der Waals surface area contributed by atoms with E-state index in [0.717, 1.165) is 31.4 Å². The number of carbonyl (C=O) groups is 2. The second-order valence-electron chi connectivity index (χ2n) is 5.17. The number of hydrogen-bond donors (Lipinski definition) is 4. The molecule has 6 heteroatoms. The molecule has 0 aliphatic heterocycles. The van der Waals surface area contributed by atoms with E-state index in [9.17, 15) is 9.59 Å². The number of terminal acetylenes is 1. The van der Waals surface area contributed by atoms with Crippen LogP contribution in [0, 0.1) is 12.3 Å². The second kappa shape index (κ2) is 15.1. The Morgan fingerprint density at radius 2 is 1.59 bits per heavy atom. The number of thiol groups is 2. The summed E-state index contributed by atoms with van der Waals surface area (Å²) in [5, 5.41) is 5.93. The number of unbranched alkanes of at least 4 members (excludes halogenated alkanes) is 2. The highest BCUT2D eigenvalue weighted by atomic mass is 32.1. The lowest BCUT2D eigenvalue weighted by Crippen LogP contribution is -2.34. The summed E-state index contributed by atoms with van der Waals surface area (Å²) in [6.07, 6.45) is 11.3. The standard InChI is InChI=1S/C16H28N2O2S2/c1-2-3-4-8-15(19)17-11-12-18-16(20)9-6-5-7-14(22)10-13-21/h1,14,21-22H,3-13H2,(H,17,19)(H,18,20). The van der Waals surface area contributed by atoms with Gasteiger partial charge in [0, 0.05) is 37.6 Å². The van der Waals surface area contributed by atoms with Crippen molar-refractivity contribution in [1.29, 1.82) is 0 Å². The van der Waals surface area contributed by atoms with E-state index in [4.69, 9.17) is 6.42 Å². The van der Waals surface area contributed by atoms with Gasteiger partial charge in [0.05, 0.1) is 0 Å². The maximum absolute atomic E-state index is 11.6. The lowest BCUT2D eigenvalue weighted by Gasteiger charge is -2.09. The molecule has 0 aromatic rings. The minimum Gasteiger partial charge on any atom is -0.354 e. The lowest BCUT2D eigenvalue weighted by atomic mass is 10.1. The Bertz CT molecular complexity index is 357. The lowest BCUT2D eigenvalue weighted by molar-refractivity contribution is -0.123. The van der Waals surface area contributed by atoms with E-state index in [-0.39, 0.29) is 11.8 Å². The van der Waals surface area contributed by atoms with Crippen LogP contribution in [0.25, 0.3) is 0 Å². The SMILES string of the molecule is C#CCCCC(=O)NCCNC(=O)CCCCC(S)CCS. The van der Waals surface area contributed by atoms with Crippen LogP contribution in [-0.4, -0.2) is 35.9 Å². The summed E-state index contributed by atoms with van der Waals surface area (Å²) in [6.45, 7) is 0.926. The molecule has 0 spiro atoms. The zero-order chi connectivity index (χ0) is 16.6. The normalized spacial score (nSPS) is 11.5. The fourth-order valence-corrected chi connectivity index (χ4v) is 2.72. The molecule has 1 unspecified atom stereocenters. The quantitative estimate of drug-likeness (QED) is 0.235. The van der Waals surface area contributed by atoms with Crippen LogP contribution in [-0.2, 0) is 9.59 Å². The molecular weight excluding hydrogens is 316 g/mol. The molecule has 0 aliphatic rings. The van der Waals surface area contributed by atoms with Crippen LogP contribution in [0.3, 0.4) is 0 Å². The summed E-state index contributed by atoms with van der Waals surface area (Å²) in [4.78, 5) is 23.0. The average molecular weight is 345 g/mol. The van der Waals surface area contributed by atoms with E-state index >= 15 is 0 Å². The van der Waals surface area contributed by atoms with Gasteiger partial charge in [0.1, 0.15) is 0 Å². The zero-order valence-electron chi connectivity index (χ0n) is 13.1. The molecule has 0 saturated carbocycles. The van der Waals surface area contributed by atoms with Crippen molar-refractivity contribution in [2.75, 3.05) is 18.8 Å². The summed E-state index contributed by atoms with van der Waals surface area (Å²) in [6, 6.07) is 0. The van der Waals surface area contributed by atoms with E-state index in [0.29, 0.717) is 44.0 Å². The third kappa shape index (κ3) is 14.2. The number of hydrogen-bond acceptors (Lipinski definition) is 4. The van der Waals surface area contributed by atoms with Gasteiger partial charge in [-0.1, -0.05) is 6.42 Å². The van der Waals surface area contributed by atoms with Gasteiger partial charge in [-0.05, 0) is 31.4 Å². The van der Waals surface area contributed by atoms with E-state index in [1.807, 2.05) is 0 Å². The Kier molecular flexibility index (Phi) is 14.6. The minimum absolute atomic E-state index is 0.0199. The van der Waals surface area contributed by atoms with Crippen molar-refractivity contribution in [3.05, 3.63) is 0 Å². The van der Waals surface area contributed by atoms with E-state index in [1.165, 1.54) is 0 Å². The monoisotopic (exact) mass is 344 g/mol. The molecule has 2 amide bonds. The van der Waals surface area contributed by atoms with E-state index in [2.05, 4.69) is 41.8 Å². The molecule has 0 aliphatic carbocycles. The van der Waals surface area contributed by atoms with E-state index in [1.54, 1.807) is 0 Å². The molecule has 4 nitrogen and oxygen atoms in total. The third-order valence-corrected chi connectivity index (χ3v) is 3.92. The van der Waals surface area contributed by atoms with Gasteiger partial charge in [-0.15, -0.1) is 12.3 Å². The van der Waals surface area contributed by atoms with Crippen LogP contribution in [0.2, 0.25) is 0 Å². The first-order valence-electron chi connectivity index (χ1n) is 7.86. The van der Waals surface area contributed by atoms with Crippen molar-refractivity contribution >= 4 is 37.1 Å². The molecule has 22 heavy (non-hydrogen) atoms. The van der Waals surface area contributed by atoms with Crippen LogP contribution in [0.15, 0.2) is 0 Å². The molecule has 0 bridgehead atoms. The minimum atomic E-state index is -0.0199. The molecule has 0 aromatic carbocycles. The number of nitrogens with one attached hydrogen (secondary N) is 2. The highest BCUT2D eigenvalue weighted by Crippen LogP contribution is 2.12. The molecule has 0 saturated heterocycles. The largest absolute Gasteiger partial charge is 0.354 e. The van der Waals surface area contributed by atoms with Crippen LogP contribution < -0.4 is 10.6 Å². The van der Waals surface area contributed by atoms with Gasteiger partial charge in [0.15, 0.2) is 0 Å². The summed E-state index contributed by atoms with van der Waals surface area (Å²) < 4.78 is 0. The Balaban J connectivity index is 3.43. The van der Waals surface area contributed by atoms with Gasteiger partial charge < -0.3 is 10.6 Å². The topological polar surface area (TPSA) is 58.2 Å². The molecular formula is C16H28N2O2S2. The van der Waals surface area contributed by atoms with Gasteiger partial charge in [-0.25, -0.2) is 0 Å².